The Bertz CT molecular complexity index is 289. The van der Waals surface area contributed by atoms with Gasteiger partial charge in [-0.2, -0.15) is 4.98 Å². The molecule has 5 heteroatoms. The van der Waals surface area contributed by atoms with Gasteiger partial charge in [-0.15, -0.1) is 5.10 Å². The fourth-order valence-corrected chi connectivity index (χ4v) is 2.17. The minimum atomic E-state index is 0.399. The lowest BCUT2D eigenvalue weighted by Crippen LogP contribution is -2.33. The molecule has 14 heavy (non-hydrogen) atoms. The molecule has 0 saturated heterocycles. The SMILES string of the molecule is CCN(c1n[nH]c(N)n1)C1CCCC1. The summed E-state index contributed by atoms with van der Waals surface area (Å²) in [4.78, 5) is 6.40. The summed E-state index contributed by atoms with van der Waals surface area (Å²) in [5, 5.41) is 6.78. The predicted molar refractivity (Wildman–Crippen MR) is 56.1 cm³/mol. The smallest absolute Gasteiger partial charge is 0.246 e. The van der Waals surface area contributed by atoms with Crippen LogP contribution in [0.5, 0.6) is 0 Å². The number of anilines is 2. The molecule has 5 nitrogen and oxygen atoms in total. The lowest BCUT2D eigenvalue weighted by atomic mass is 10.2. The van der Waals surface area contributed by atoms with Crippen LogP contribution in [-0.4, -0.2) is 27.8 Å². The van der Waals surface area contributed by atoms with Gasteiger partial charge < -0.3 is 10.6 Å². The van der Waals surface area contributed by atoms with E-state index in [-0.39, 0.29) is 0 Å². The largest absolute Gasteiger partial charge is 0.368 e. The zero-order valence-corrected chi connectivity index (χ0v) is 8.53. The zero-order chi connectivity index (χ0) is 9.97. The highest BCUT2D eigenvalue weighted by atomic mass is 15.4. The molecule has 0 radical (unpaired) electrons. The van der Waals surface area contributed by atoms with Gasteiger partial charge in [0, 0.05) is 12.6 Å². The molecule has 0 unspecified atom stereocenters. The van der Waals surface area contributed by atoms with Crippen molar-refractivity contribution >= 4 is 11.9 Å². The summed E-state index contributed by atoms with van der Waals surface area (Å²) in [6.45, 7) is 3.08. The Morgan fingerprint density at radius 3 is 2.71 bits per heavy atom. The summed E-state index contributed by atoms with van der Waals surface area (Å²) < 4.78 is 0. The third kappa shape index (κ3) is 1.66. The highest BCUT2D eigenvalue weighted by Crippen LogP contribution is 2.25. The van der Waals surface area contributed by atoms with Crippen molar-refractivity contribution in [3.8, 4) is 0 Å². The Morgan fingerprint density at radius 2 is 2.21 bits per heavy atom. The van der Waals surface area contributed by atoms with Gasteiger partial charge in [-0.25, -0.2) is 5.10 Å². The third-order valence-electron chi connectivity index (χ3n) is 2.85. The van der Waals surface area contributed by atoms with Crippen LogP contribution in [0, 0.1) is 0 Å². The maximum absolute atomic E-state index is 5.51. The first-order valence-electron chi connectivity index (χ1n) is 5.25. The van der Waals surface area contributed by atoms with E-state index in [0.717, 1.165) is 12.5 Å². The predicted octanol–water partition coefficient (Wildman–Crippen LogP) is 1.16. The lowest BCUT2D eigenvalue weighted by Gasteiger charge is -2.25. The first-order chi connectivity index (χ1) is 6.81. The number of aromatic amines is 1. The maximum Gasteiger partial charge on any atom is 0.246 e. The molecule has 0 aromatic carbocycles. The monoisotopic (exact) mass is 195 g/mol. The van der Waals surface area contributed by atoms with E-state index < -0.39 is 0 Å². The molecule has 0 atom stereocenters. The van der Waals surface area contributed by atoms with Crippen molar-refractivity contribution in [2.45, 2.75) is 38.6 Å². The van der Waals surface area contributed by atoms with E-state index >= 15 is 0 Å². The van der Waals surface area contributed by atoms with Gasteiger partial charge in [0.05, 0.1) is 0 Å². The maximum atomic E-state index is 5.51. The summed E-state index contributed by atoms with van der Waals surface area (Å²) in [6, 6.07) is 0.607. The Balaban J connectivity index is 2.12. The van der Waals surface area contributed by atoms with Crippen LogP contribution < -0.4 is 10.6 Å². The van der Waals surface area contributed by atoms with Crippen molar-refractivity contribution in [1.29, 1.82) is 0 Å². The molecular formula is C9H17N5. The molecule has 1 aliphatic carbocycles. The van der Waals surface area contributed by atoms with Gasteiger partial charge in [0.2, 0.25) is 11.9 Å². The van der Waals surface area contributed by atoms with Gasteiger partial charge >= 0.3 is 0 Å². The summed E-state index contributed by atoms with van der Waals surface area (Å²) in [6.07, 6.45) is 5.15. The quantitative estimate of drug-likeness (QED) is 0.759. The van der Waals surface area contributed by atoms with Crippen molar-refractivity contribution in [3.05, 3.63) is 0 Å². The van der Waals surface area contributed by atoms with Crippen LogP contribution >= 0.6 is 0 Å². The van der Waals surface area contributed by atoms with E-state index in [0.29, 0.717) is 12.0 Å². The molecule has 1 fully saturated rings. The number of nitrogens with one attached hydrogen (secondary N) is 1. The molecular weight excluding hydrogens is 178 g/mol. The molecule has 1 heterocycles. The van der Waals surface area contributed by atoms with Gasteiger partial charge in [-0.05, 0) is 19.8 Å². The molecule has 0 bridgehead atoms. The molecule has 78 valence electrons. The number of nitrogens with two attached hydrogens (primary N) is 1. The molecule has 1 aromatic heterocycles. The molecule has 2 rings (SSSR count). The van der Waals surface area contributed by atoms with Crippen LogP contribution in [-0.2, 0) is 0 Å². The molecule has 0 aliphatic heterocycles. The second kappa shape index (κ2) is 3.86. The van der Waals surface area contributed by atoms with Gasteiger partial charge in [0.25, 0.3) is 0 Å². The number of aromatic nitrogens is 3. The highest BCUT2D eigenvalue weighted by molar-refractivity contribution is 5.35. The van der Waals surface area contributed by atoms with Gasteiger partial charge in [-0.3, -0.25) is 0 Å². The fraction of sp³-hybridized carbons (Fsp3) is 0.778. The topological polar surface area (TPSA) is 70.8 Å². The summed E-state index contributed by atoms with van der Waals surface area (Å²) in [5.74, 6) is 1.15. The summed E-state index contributed by atoms with van der Waals surface area (Å²) >= 11 is 0. The average Bonchev–Trinajstić information content (AvgIpc) is 2.79. The fourth-order valence-electron chi connectivity index (χ4n) is 2.17. The van der Waals surface area contributed by atoms with Crippen molar-refractivity contribution in [1.82, 2.24) is 15.2 Å². The van der Waals surface area contributed by atoms with Crippen molar-refractivity contribution in [2.75, 3.05) is 17.2 Å². The molecule has 0 spiro atoms. The minimum Gasteiger partial charge on any atom is -0.368 e. The van der Waals surface area contributed by atoms with Crippen LogP contribution in [0.4, 0.5) is 11.9 Å². The van der Waals surface area contributed by atoms with Crippen molar-refractivity contribution in [2.24, 2.45) is 0 Å². The van der Waals surface area contributed by atoms with Gasteiger partial charge in [-0.1, -0.05) is 12.8 Å². The molecule has 0 amide bonds. The van der Waals surface area contributed by atoms with Crippen molar-refractivity contribution < 1.29 is 0 Å². The standard InChI is InChI=1S/C9H17N5/c1-2-14(7-5-3-4-6-7)9-11-8(10)12-13-9/h7H,2-6H2,1H3,(H3,10,11,12,13). The first kappa shape index (κ1) is 9.30. The normalized spacial score (nSPS) is 17.5. The van der Waals surface area contributed by atoms with Crippen LogP contribution in [0.25, 0.3) is 0 Å². The molecule has 3 N–H and O–H groups in total. The number of nitrogen functional groups attached to an aromatic ring is 1. The first-order valence-corrected chi connectivity index (χ1v) is 5.25. The summed E-state index contributed by atoms with van der Waals surface area (Å²) in [5.41, 5.74) is 5.51. The number of hydrogen-bond donors (Lipinski definition) is 2. The van der Waals surface area contributed by atoms with Crippen LogP contribution in [0.2, 0.25) is 0 Å². The number of nitrogens with zero attached hydrogens (tertiary/aromatic N) is 3. The van der Waals surface area contributed by atoms with Crippen LogP contribution in [0.1, 0.15) is 32.6 Å². The summed E-state index contributed by atoms with van der Waals surface area (Å²) in [7, 11) is 0. The minimum absolute atomic E-state index is 0.399. The van der Waals surface area contributed by atoms with Gasteiger partial charge in [0.1, 0.15) is 0 Å². The number of H-pyrrole nitrogens is 1. The Morgan fingerprint density at radius 1 is 1.50 bits per heavy atom. The number of hydrogen-bond acceptors (Lipinski definition) is 4. The number of rotatable bonds is 3. The van der Waals surface area contributed by atoms with Crippen LogP contribution in [0.15, 0.2) is 0 Å². The Kier molecular flexibility index (Phi) is 2.56. The Hall–Kier alpha value is -1.26. The Labute approximate surface area is 83.7 Å². The molecule has 1 saturated carbocycles. The molecule has 1 aromatic rings. The van der Waals surface area contributed by atoms with E-state index in [9.17, 15) is 0 Å². The highest BCUT2D eigenvalue weighted by Gasteiger charge is 2.23. The second-order valence-electron chi connectivity index (χ2n) is 3.74. The van der Waals surface area contributed by atoms with Crippen molar-refractivity contribution in [3.63, 3.8) is 0 Å². The van der Waals surface area contributed by atoms with E-state index in [4.69, 9.17) is 5.73 Å². The third-order valence-corrected chi connectivity index (χ3v) is 2.85. The van der Waals surface area contributed by atoms with E-state index in [2.05, 4.69) is 27.0 Å². The zero-order valence-electron chi connectivity index (χ0n) is 8.53. The van der Waals surface area contributed by atoms with Crippen LogP contribution in [0.3, 0.4) is 0 Å². The van der Waals surface area contributed by atoms with Gasteiger partial charge in [0.15, 0.2) is 0 Å². The van der Waals surface area contributed by atoms with E-state index in [1.165, 1.54) is 25.7 Å². The second-order valence-corrected chi connectivity index (χ2v) is 3.74. The van der Waals surface area contributed by atoms with E-state index in [1.807, 2.05) is 0 Å². The lowest BCUT2D eigenvalue weighted by molar-refractivity contribution is 0.606. The molecule has 1 aliphatic rings. The average molecular weight is 195 g/mol. The van der Waals surface area contributed by atoms with E-state index in [1.54, 1.807) is 0 Å².